The van der Waals surface area contributed by atoms with Gasteiger partial charge in [0.05, 0.1) is 33.8 Å². The molecule has 0 radical (unpaired) electrons. The molecule has 0 bridgehead atoms. The van der Waals surface area contributed by atoms with Crippen molar-refractivity contribution in [2.45, 2.75) is 16.7 Å². The highest BCUT2D eigenvalue weighted by Gasteiger charge is 2.22. The van der Waals surface area contributed by atoms with E-state index < -0.39 is 25.8 Å². The summed E-state index contributed by atoms with van der Waals surface area (Å²) < 4.78 is 66.7. The lowest BCUT2D eigenvalue weighted by molar-refractivity contribution is 0.417. The van der Waals surface area contributed by atoms with Crippen molar-refractivity contribution in [1.29, 1.82) is 0 Å². The number of hydrogen-bond donors (Lipinski definition) is 3. The van der Waals surface area contributed by atoms with Crippen LogP contribution in [0, 0.1) is 6.92 Å². The lowest BCUT2D eigenvalue weighted by Crippen LogP contribution is -2.17. The molecule has 10 nitrogen and oxygen atoms in total. The van der Waals surface area contributed by atoms with Gasteiger partial charge in [-0.3, -0.25) is 14.4 Å². The Morgan fingerprint density at radius 3 is 2.42 bits per heavy atom. The largest absolute Gasteiger partial charge is 0.495 e. The lowest BCUT2D eigenvalue weighted by atomic mass is 10.2. The van der Waals surface area contributed by atoms with Gasteiger partial charge in [0.1, 0.15) is 5.75 Å². The van der Waals surface area contributed by atoms with E-state index in [1.165, 1.54) is 43.5 Å². The predicted octanol–water partition coefficient (Wildman–Crippen LogP) is 3.04. The van der Waals surface area contributed by atoms with Crippen LogP contribution in [0.5, 0.6) is 5.75 Å². The highest BCUT2D eigenvalue weighted by Crippen LogP contribution is 2.29. The SMILES string of the molecule is COc1ccccc1NS(=O)(=O)c1cc(NS(=O)(=O)c2ccc3[nH]c(=O)oc3c2)ccc1C. The van der Waals surface area contributed by atoms with E-state index in [4.69, 9.17) is 9.15 Å². The number of benzene rings is 3. The third kappa shape index (κ3) is 4.56. The molecule has 3 aromatic carbocycles. The van der Waals surface area contributed by atoms with Crippen LogP contribution in [0.25, 0.3) is 11.1 Å². The monoisotopic (exact) mass is 489 g/mol. The van der Waals surface area contributed by atoms with Crippen LogP contribution in [0.3, 0.4) is 0 Å². The summed E-state index contributed by atoms with van der Waals surface area (Å²) >= 11 is 0. The van der Waals surface area contributed by atoms with E-state index in [0.717, 1.165) is 0 Å². The molecule has 0 aliphatic heterocycles. The molecular weight excluding hydrogens is 470 g/mol. The molecule has 0 atom stereocenters. The second-order valence-electron chi connectivity index (χ2n) is 7.06. The van der Waals surface area contributed by atoms with Gasteiger partial charge in [-0.25, -0.2) is 21.6 Å². The number of aryl methyl sites for hydroxylation is 1. The van der Waals surface area contributed by atoms with Crippen LogP contribution < -0.4 is 19.9 Å². The highest BCUT2D eigenvalue weighted by molar-refractivity contribution is 7.93. The minimum Gasteiger partial charge on any atom is -0.495 e. The summed E-state index contributed by atoms with van der Waals surface area (Å²) in [6.45, 7) is 1.59. The Morgan fingerprint density at radius 1 is 0.909 bits per heavy atom. The molecule has 0 aliphatic rings. The van der Waals surface area contributed by atoms with Crippen LogP contribution in [0.4, 0.5) is 11.4 Å². The van der Waals surface area contributed by atoms with Gasteiger partial charge in [0.25, 0.3) is 20.0 Å². The molecule has 0 amide bonds. The quantitative estimate of drug-likeness (QED) is 0.361. The number of aromatic nitrogens is 1. The van der Waals surface area contributed by atoms with E-state index >= 15 is 0 Å². The number of methoxy groups -OCH3 is 1. The summed E-state index contributed by atoms with van der Waals surface area (Å²) in [6, 6.07) is 14.6. The van der Waals surface area contributed by atoms with Crippen LogP contribution >= 0.6 is 0 Å². The third-order valence-electron chi connectivity index (χ3n) is 4.78. The normalized spacial score (nSPS) is 11.9. The van der Waals surface area contributed by atoms with Gasteiger partial charge in [-0.2, -0.15) is 0 Å². The number of anilines is 2. The van der Waals surface area contributed by atoms with Gasteiger partial charge in [0, 0.05) is 6.07 Å². The first kappa shape index (κ1) is 22.4. The Balaban J connectivity index is 1.66. The Labute approximate surface area is 189 Å². The molecule has 0 saturated carbocycles. The number of sulfonamides is 2. The molecule has 12 heteroatoms. The maximum Gasteiger partial charge on any atom is 0.417 e. The molecule has 0 unspecified atom stereocenters. The molecule has 3 N–H and O–H groups in total. The zero-order valence-corrected chi connectivity index (χ0v) is 19.1. The number of oxazole rings is 1. The number of hydrogen-bond acceptors (Lipinski definition) is 7. The van der Waals surface area contributed by atoms with E-state index in [-0.39, 0.29) is 26.7 Å². The maximum atomic E-state index is 13.0. The van der Waals surface area contributed by atoms with Gasteiger partial charge < -0.3 is 9.15 Å². The zero-order valence-electron chi connectivity index (χ0n) is 17.4. The van der Waals surface area contributed by atoms with Crippen molar-refractivity contribution >= 4 is 42.5 Å². The van der Waals surface area contributed by atoms with Gasteiger partial charge in [0.2, 0.25) is 0 Å². The Bertz CT molecular complexity index is 1620. The molecule has 0 saturated heterocycles. The summed E-state index contributed by atoms with van der Waals surface area (Å²) in [5.74, 6) is -0.370. The molecule has 1 heterocycles. The second kappa shape index (κ2) is 8.30. The first-order valence-electron chi connectivity index (χ1n) is 9.51. The molecule has 1 aromatic heterocycles. The van der Waals surface area contributed by atoms with E-state index in [1.807, 2.05) is 0 Å². The summed E-state index contributed by atoms with van der Waals surface area (Å²) in [7, 11) is -6.75. The summed E-state index contributed by atoms with van der Waals surface area (Å²) in [5, 5.41) is 0. The molecule has 4 aromatic rings. The average molecular weight is 490 g/mol. The first-order valence-corrected chi connectivity index (χ1v) is 12.5. The standard InChI is InChI=1S/C21H19N3O7S2/c1-13-7-8-14(11-20(13)33(28,29)24-17-5-3-4-6-18(17)30-2)23-32(26,27)15-9-10-16-19(12-15)31-21(25)22-16/h3-12,23-24H,1-2H3,(H,22,25). The number of H-pyrrole nitrogens is 1. The topological polar surface area (TPSA) is 148 Å². The minimum absolute atomic E-state index is 0.0385. The van der Waals surface area contributed by atoms with Gasteiger partial charge in [-0.15, -0.1) is 0 Å². The molecule has 0 aliphatic carbocycles. The molecule has 33 heavy (non-hydrogen) atoms. The van der Waals surface area contributed by atoms with Crippen LogP contribution in [0.1, 0.15) is 5.56 Å². The van der Waals surface area contributed by atoms with Crippen molar-refractivity contribution in [3.63, 3.8) is 0 Å². The van der Waals surface area contributed by atoms with Crippen molar-refractivity contribution in [3.8, 4) is 5.75 Å². The Kier molecular flexibility index (Phi) is 5.64. The number of para-hydroxylation sites is 2. The van der Waals surface area contributed by atoms with E-state index in [1.54, 1.807) is 31.2 Å². The summed E-state index contributed by atoms with van der Waals surface area (Å²) in [5.41, 5.74) is 1.13. The fraction of sp³-hybridized carbons (Fsp3) is 0.0952. The zero-order chi connectivity index (χ0) is 23.8. The van der Waals surface area contributed by atoms with Crippen LogP contribution in [-0.2, 0) is 20.0 Å². The number of rotatable bonds is 7. The fourth-order valence-corrected chi connectivity index (χ4v) is 5.60. The average Bonchev–Trinajstić information content (AvgIpc) is 3.14. The Morgan fingerprint density at radius 2 is 1.67 bits per heavy atom. The number of nitrogens with one attached hydrogen (secondary N) is 3. The van der Waals surface area contributed by atoms with Crippen molar-refractivity contribution in [1.82, 2.24) is 4.98 Å². The maximum absolute atomic E-state index is 13.0. The van der Waals surface area contributed by atoms with Gasteiger partial charge in [-0.1, -0.05) is 18.2 Å². The van der Waals surface area contributed by atoms with Crippen molar-refractivity contribution in [2.75, 3.05) is 16.6 Å². The van der Waals surface area contributed by atoms with Crippen molar-refractivity contribution in [2.24, 2.45) is 0 Å². The molecule has 0 spiro atoms. The summed E-state index contributed by atoms with van der Waals surface area (Å²) in [6.07, 6.45) is 0. The van der Waals surface area contributed by atoms with E-state index in [2.05, 4.69) is 14.4 Å². The second-order valence-corrected chi connectivity index (χ2v) is 10.4. The van der Waals surface area contributed by atoms with Crippen LogP contribution in [0.2, 0.25) is 0 Å². The van der Waals surface area contributed by atoms with Crippen LogP contribution in [-0.4, -0.2) is 28.9 Å². The van der Waals surface area contributed by atoms with Gasteiger partial charge in [-0.05, 0) is 48.9 Å². The molecule has 4 rings (SSSR count). The number of ether oxygens (including phenoxy) is 1. The number of fused-ring (bicyclic) bond motifs is 1. The molecule has 172 valence electrons. The highest BCUT2D eigenvalue weighted by atomic mass is 32.2. The van der Waals surface area contributed by atoms with Crippen molar-refractivity contribution in [3.05, 3.63) is 76.8 Å². The fourth-order valence-electron chi connectivity index (χ4n) is 3.19. The summed E-state index contributed by atoms with van der Waals surface area (Å²) in [4.78, 5) is 13.5. The minimum atomic E-state index is -4.10. The molecular formula is C21H19N3O7S2. The predicted molar refractivity (Wildman–Crippen MR) is 123 cm³/mol. The lowest BCUT2D eigenvalue weighted by Gasteiger charge is -2.15. The third-order valence-corrected chi connectivity index (χ3v) is 7.67. The van der Waals surface area contributed by atoms with E-state index in [0.29, 0.717) is 16.8 Å². The Hall–Kier alpha value is -3.77. The van der Waals surface area contributed by atoms with Gasteiger partial charge in [0.15, 0.2) is 5.58 Å². The van der Waals surface area contributed by atoms with Crippen LogP contribution in [0.15, 0.2) is 79.7 Å². The van der Waals surface area contributed by atoms with E-state index in [9.17, 15) is 21.6 Å². The van der Waals surface area contributed by atoms with Crippen molar-refractivity contribution < 1.29 is 26.0 Å². The smallest absolute Gasteiger partial charge is 0.417 e. The van der Waals surface area contributed by atoms with Gasteiger partial charge >= 0.3 is 5.76 Å². The number of aromatic amines is 1. The molecule has 0 fully saturated rings. The first-order chi connectivity index (χ1) is 15.6.